The highest BCUT2D eigenvalue weighted by Gasteiger charge is 2.23. The van der Waals surface area contributed by atoms with Gasteiger partial charge in [-0.15, -0.1) is 35.3 Å². The predicted molar refractivity (Wildman–Crippen MR) is 102 cm³/mol. The number of likely N-dealkylation sites (tertiary alicyclic amines) is 1. The van der Waals surface area contributed by atoms with E-state index in [0.717, 1.165) is 22.7 Å². The largest absolute Gasteiger partial charge is 0.450 e. The van der Waals surface area contributed by atoms with Crippen LogP contribution in [0.15, 0.2) is 11.2 Å². The maximum Gasteiger partial charge on any atom is 0.409 e. The molecule has 1 aliphatic rings. The van der Waals surface area contributed by atoms with Gasteiger partial charge in [0.05, 0.1) is 18.2 Å². The van der Waals surface area contributed by atoms with Gasteiger partial charge in [0, 0.05) is 30.2 Å². The van der Waals surface area contributed by atoms with Crippen molar-refractivity contribution < 1.29 is 9.53 Å². The van der Waals surface area contributed by atoms with Gasteiger partial charge in [0.15, 0.2) is 5.96 Å². The minimum absolute atomic E-state index is 0. The van der Waals surface area contributed by atoms with Crippen LogP contribution in [0.3, 0.4) is 0 Å². The molecule has 0 saturated carbocycles. The SMILES string of the molecule is CCOC(=O)N1CCC(NC(N)=NCc2cnc(C)s2)CC1.I. The summed E-state index contributed by atoms with van der Waals surface area (Å²) < 4.78 is 5.00. The Morgan fingerprint density at radius 1 is 1.57 bits per heavy atom. The maximum absolute atomic E-state index is 11.6. The van der Waals surface area contributed by atoms with Gasteiger partial charge in [-0.3, -0.25) is 0 Å². The molecule has 130 valence electrons. The van der Waals surface area contributed by atoms with Crippen molar-refractivity contribution in [3.63, 3.8) is 0 Å². The summed E-state index contributed by atoms with van der Waals surface area (Å²) in [7, 11) is 0. The molecular weight excluding hydrogens is 429 g/mol. The van der Waals surface area contributed by atoms with Crippen molar-refractivity contribution in [1.29, 1.82) is 0 Å². The van der Waals surface area contributed by atoms with Crippen molar-refractivity contribution in [3.05, 3.63) is 16.1 Å². The fourth-order valence-electron chi connectivity index (χ4n) is 2.32. The number of ether oxygens (including phenoxy) is 1. The normalized spacial score (nSPS) is 15.9. The van der Waals surface area contributed by atoms with Gasteiger partial charge in [-0.05, 0) is 26.7 Å². The number of halogens is 1. The molecule has 1 aromatic rings. The topological polar surface area (TPSA) is 92.8 Å². The van der Waals surface area contributed by atoms with Crippen LogP contribution in [0.25, 0.3) is 0 Å². The molecule has 0 bridgehead atoms. The third kappa shape index (κ3) is 6.50. The lowest BCUT2D eigenvalue weighted by Crippen LogP contribution is -2.48. The van der Waals surface area contributed by atoms with Crippen molar-refractivity contribution in [2.24, 2.45) is 10.7 Å². The lowest BCUT2D eigenvalue weighted by Gasteiger charge is -2.31. The predicted octanol–water partition coefficient (Wildman–Crippen LogP) is 2.09. The van der Waals surface area contributed by atoms with Gasteiger partial charge in [0.2, 0.25) is 0 Å². The van der Waals surface area contributed by atoms with E-state index in [1.54, 1.807) is 16.2 Å². The van der Waals surface area contributed by atoms with E-state index in [9.17, 15) is 4.79 Å². The van der Waals surface area contributed by atoms with Crippen LogP contribution in [0.5, 0.6) is 0 Å². The zero-order chi connectivity index (χ0) is 15.9. The van der Waals surface area contributed by atoms with Crippen LogP contribution in [-0.4, -0.2) is 47.7 Å². The standard InChI is InChI=1S/C14H23N5O2S.HI/c1-3-21-14(20)19-6-4-11(5-7-19)18-13(15)17-9-12-8-16-10(2)22-12;/h8,11H,3-7,9H2,1-2H3,(H3,15,17,18);1H. The molecule has 0 aromatic carbocycles. The lowest BCUT2D eigenvalue weighted by atomic mass is 10.1. The van der Waals surface area contributed by atoms with Crippen molar-refractivity contribution in [3.8, 4) is 0 Å². The van der Waals surface area contributed by atoms with Crippen LogP contribution in [0.2, 0.25) is 0 Å². The summed E-state index contributed by atoms with van der Waals surface area (Å²) in [4.78, 5) is 23.0. The van der Waals surface area contributed by atoms with Crippen molar-refractivity contribution in [2.45, 2.75) is 39.3 Å². The van der Waals surface area contributed by atoms with E-state index in [-0.39, 0.29) is 36.1 Å². The second-order valence-electron chi connectivity index (χ2n) is 5.15. The molecule has 0 aliphatic carbocycles. The van der Waals surface area contributed by atoms with E-state index >= 15 is 0 Å². The van der Waals surface area contributed by atoms with Crippen LogP contribution in [0.1, 0.15) is 29.7 Å². The minimum Gasteiger partial charge on any atom is -0.450 e. The number of aromatic nitrogens is 1. The smallest absolute Gasteiger partial charge is 0.409 e. The summed E-state index contributed by atoms with van der Waals surface area (Å²) in [5.41, 5.74) is 5.92. The number of nitrogens with two attached hydrogens (primary N) is 1. The number of carbonyl (C=O) groups is 1. The Labute approximate surface area is 157 Å². The molecule has 2 rings (SSSR count). The van der Waals surface area contributed by atoms with E-state index in [4.69, 9.17) is 10.5 Å². The summed E-state index contributed by atoms with van der Waals surface area (Å²) in [5.74, 6) is 0.445. The monoisotopic (exact) mass is 453 g/mol. The molecule has 0 spiro atoms. The third-order valence-corrected chi connectivity index (χ3v) is 4.34. The van der Waals surface area contributed by atoms with Crippen molar-refractivity contribution in [2.75, 3.05) is 19.7 Å². The molecule has 2 heterocycles. The third-order valence-electron chi connectivity index (χ3n) is 3.45. The first kappa shape index (κ1) is 19.9. The fraction of sp³-hybridized carbons (Fsp3) is 0.643. The first-order chi connectivity index (χ1) is 10.6. The molecule has 1 aliphatic heterocycles. The summed E-state index contributed by atoms with van der Waals surface area (Å²) in [6.45, 7) is 6.10. The van der Waals surface area contributed by atoms with Gasteiger partial charge in [-0.25, -0.2) is 14.8 Å². The minimum atomic E-state index is -0.233. The highest BCUT2D eigenvalue weighted by atomic mass is 127. The molecule has 7 nitrogen and oxygen atoms in total. The lowest BCUT2D eigenvalue weighted by molar-refractivity contribution is 0.0963. The second kappa shape index (κ2) is 9.91. The van der Waals surface area contributed by atoms with E-state index in [0.29, 0.717) is 32.2 Å². The number of piperidine rings is 1. The number of thiazole rings is 1. The Morgan fingerprint density at radius 2 is 2.26 bits per heavy atom. The average molecular weight is 453 g/mol. The van der Waals surface area contributed by atoms with Crippen molar-refractivity contribution in [1.82, 2.24) is 15.2 Å². The van der Waals surface area contributed by atoms with Crippen LogP contribution in [0.4, 0.5) is 4.79 Å². The van der Waals surface area contributed by atoms with Crippen LogP contribution in [-0.2, 0) is 11.3 Å². The zero-order valence-corrected chi connectivity index (χ0v) is 16.6. The number of rotatable bonds is 4. The number of hydrogen-bond donors (Lipinski definition) is 2. The van der Waals surface area contributed by atoms with E-state index in [2.05, 4.69) is 15.3 Å². The Hall–Kier alpha value is -1.10. The molecule has 23 heavy (non-hydrogen) atoms. The highest BCUT2D eigenvalue weighted by molar-refractivity contribution is 14.0. The zero-order valence-electron chi connectivity index (χ0n) is 13.4. The molecule has 1 amide bonds. The number of carbonyl (C=O) groups excluding carboxylic acids is 1. The maximum atomic E-state index is 11.6. The molecule has 0 unspecified atom stereocenters. The van der Waals surface area contributed by atoms with Gasteiger partial charge in [-0.2, -0.15) is 0 Å². The quantitative estimate of drug-likeness (QED) is 0.414. The molecule has 1 fully saturated rings. The number of amides is 1. The number of aliphatic imine (C=N–C) groups is 1. The van der Waals surface area contributed by atoms with Gasteiger partial charge >= 0.3 is 6.09 Å². The summed E-state index contributed by atoms with van der Waals surface area (Å²) in [6.07, 6.45) is 3.28. The number of nitrogens with one attached hydrogen (secondary N) is 1. The summed E-state index contributed by atoms with van der Waals surface area (Å²) in [5, 5.41) is 4.25. The van der Waals surface area contributed by atoms with Crippen LogP contribution < -0.4 is 11.1 Å². The molecule has 9 heteroatoms. The Bertz CT molecular complexity index is 529. The van der Waals surface area contributed by atoms with Crippen molar-refractivity contribution >= 4 is 47.4 Å². The molecule has 1 aromatic heterocycles. The molecule has 0 atom stereocenters. The molecule has 3 N–H and O–H groups in total. The second-order valence-corrected chi connectivity index (χ2v) is 6.47. The first-order valence-corrected chi connectivity index (χ1v) is 8.29. The van der Waals surface area contributed by atoms with Gasteiger partial charge < -0.3 is 20.7 Å². The molecular formula is C14H24IN5O2S. The van der Waals surface area contributed by atoms with Gasteiger partial charge in [-0.1, -0.05) is 0 Å². The number of nitrogens with zero attached hydrogens (tertiary/aromatic N) is 3. The number of guanidine groups is 1. The highest BCUT2D eigenvalue weighted by Crippen LogP contribution is 2.13. The Balaban J connectivity index is 0.00000264. The van der Waals surface area contributed by atoms with Crippen LogP contribution >= 0.6 is 35.3 Å². The number of hydrogen-bond acceptors (Lipinski definition) is 5. The molecule has 0 radical (unpaired) electrons. The first-order valence-electron chi connectivity index (χ1n) is 7.48. The molecule has 1 saturated heterocycles. The Kier molecular flexibility index (Phi) is 8.59. The van der Waals surface area contributed by atoms with Gasteiger partial charge in [0.1, 0.15) is 0 Å². The fourth-order valence-corrected chi connectivity index (χ4v) is 3.04. The summed E-state index contributed by atoms with van der Waals surface area (Å²) >= 11 is 1.62. The Morgan fingerprint density at radius 3 is 2.83 bits per heavy atom. The average Bonchev–Trinajstić information content (AvgIpc) is 2.92. The van der Waals surface area contributed by atoms with Gasteiger partial charge in [0.25, 0.3) is 0 Å². The summed E-state index contributed by atoms with van der Waals surface area (Å²) in [6, 6.07) is 0.248. The van der Waals surface area contributed by atoms with E-state index in [1.807, 2.05) is 20.0 Å². The van der Waals surface area contributed by atoms with E-state index < -0.39 is 0 Å². The van der Waals surface area contributed by atoms with E-state index in [1.165, 1.54) is 0 Å². The number of aryl methyl sites for hydroxylation is 1. The van der Waals surface area contributed by atoms with Crippen LogP contribution in [0, 0.1) is 6.92 Å².